The van der Waals surface area contributed by atoms with E-state index in [2.05, 4.69) is 84.8 Å². The molecule has 9 rings (SSSR count). The molecule has 6 aliphatic rings. The fourth-order valence-corrected chi connectivity index (χ4v) is 10.0. The minimum absolute atomic E-state index is 0.107. The highest BCUT2D eigenvalue weighted by Crippen LogP contribution is 2.75. The van der Waals surface area contributed by atoms with Gasteiger partial charge in [0, 0.05) is 36.5 Å². The zero-order chi connectivity index (χ0) is 29.5. The molecule has 4 aliphatic carbocycles. The quantitative estimate of drug-likeness (QED) is 0.321. The Morgan fingerprint density at radius 2 is 1.70 bits per heavy atom. The van der Waals surface area contributed by atoms with Crippen LogP contribution in [0.4, 0.5) is 0 Å². The van der Waals surface area contributed by atoms with E-state index in [-0.39, 0.29) is 22.9 Å². The van der Waals surface area contributed by atoms with Crippen molar-refractivity contribution in [1.29, 1.82) is 0 Å². The van der Waals surface area contributed by atoms with Gasteiger partial charge < -0.3 is 24.2 Å². The zero-order valence-electron chi connectivity index (χ0n) is 25.6. The van der Waals surface area contributed by atoms with E-state index in [1.807, 2.05) is 26.2 Å². The molecule has 224 valence electrons. The SMILES string of the molecule is CO[C@@]12C=CC3(C[C@@H]1[C@](C)(O)CCc1ccccc1)[C@H]1Cc4ccc(OCCc5ccccc5)c5c4[C@@]3(CCN1C)[C@H]2O5. The predicted molar refractivity (Wildman–Crippen MR) is 168 cm³/mol. The second-order valence-corrected chi connectivity index (χ2v) is 14.0. The smallest absolute Gasteiger partial charge is 0.166 e. The van der Waals surface area contributed by atoms with Gasteiger partial charge in [-0.15, -0.1) is 0 Å². The lowest BCUT2D eigenvalue weighted by Gasteiger charge is -2.72. The number of benzene rings is 3. The molecule has 7 atom stereocenters. The first-order valence-electron chi connectivity index (χ1n) is 16.1. The molecule has 2 heterocycles. The molecule has 0 radical (unpaired) electrons. The van der Waals surface area contributed by atoms with Crippen molar-refractivity contribution in [2.24, 2.45) is 11.3 Å². The molecule has 5 nitrogen and oxygen atoms in total. The number of hydrogen-bond acceptors (Lipinski definition) is 5. The van der Waals surface area contributed by atoms with Gasteiger partial charge in [-0.05, 0) is 75.4 Å². The van der Waals surface area contributed by atoms with Crippen molar-refractivity contribution in [2.75, 3.05) is 27.3 Å². The predicted octanol–water partition coefficient (Wildman–Crippen LogP) is 5.91. The highest BCUT2D eigenvalue weighted by atomic mass is 16.6. The molecule has 1 unspecified atom stereocenters. The van der Waals surface area contributed by atoms with Crippen LogP contribution < -0.4 is 9.47 Å². The summed E-state index contributed by atoms with van der Waals surface area (Å²) < 4.78 is 20.4. The Morgan fingerprint density at radius 1 is 0.977 bits per heavy atom. The lowest BCUT2D eigenvalue weighted by Crippen LogP contribution is -2.80. The average Bonchev–Trinajstić information content (AvgIpc) is 3.41. The van der Waals surface area contributed by atoms with Crippen LogP contribution in [0.1, 0.15) is 48.4 Å². The third kappa shape index (κ3) is 3.68. The number of fused-ring (bicyclic) bond motifs is 1. The number of rotatable bonds is 9. The van der Waals surface area contributed by atoms with Crippen LogP contribution in [-0.2, 0) is 29.4 Å². The van der Waals surface area contributed by atoms with Gasteiger partial charge in [0.15, 0.2) is 11.5 Å². The summed E-state index contributed by atoms with van der Waals surface area (Å²) in [6, 6.07) is 25.8. The van der Waals surface area contributed by atoms with E-state index in [1.54, 1.807) is 0 Å². The van der Waals surface area contributed by atoms with Crippen LogP contribution in [0, 0.1) is 11.3 Å². The molecular weight excluding hydrogens is 534 g/mol. The average molecular weight is 578 g/mol. The van der Waals surface area contributed by atoms with Crippen molar-refractivity contribution in [3.63, 3.8) is 0 Å². The first kappa shape index (κ1) is 27.4. The fraction of sp³-hybridized carbons (Fsp3) is 0.474. The molecule has 2 fully saturated rings. The van der Waals surface area contributed by atoms with Crippen LogP contribution in [-0.4, -0.2) is 60.7 Å². The molecule has 43 heavy (non-hydrogen) atoms. The van der Waals surface area contributed by atoms with E-state index in [0.717, 1.165) is 50.1 Å². The molecular formula is C38H43NO4. The topological polar surface area (TPSA) is 51.2 Å². The molecule has 3 aromatic rings. The van der Waals surface area contributed by atoms with Gasteiger partial charge in [0.25, 0.3) is 0 Å². The number of ether oxygens (including phenoxy) is 3. The summed E-state index contributed by atoms with van der Waals surface area (Å²) in [6.45, 7) is 3.65. The summed E-state index contributed by atoms with van der Waals surface area (Å²) in [5, 5.41) is 12.4. The molecule has 3 aromatic carbocycles. The van der Waals surface area contributed by atoms with Gasteiger partial charge in [0.1, 0.15) is 11.7 Å². The van der Waals surface area contributed by atoms with Crippen molar-refractivity contribution in [1.82, 2.24) is 4.90 Å². The van der Waals surface area contributed by atoms with Crippen LogP contribution in [0.3, 0.4) is 0 Å². The van der Waals surface area contributed by atoms with Gasteiger partial charge in [0.2, 0.25) is 0 Å². The molecule has 5 heteroatoms. The van der Waals surface area contributed by atoms with E-state index in [0.29, 0.717) is 19.1 Å². The lowest BCUT2D eigenvalue weighted by molar-refractivity contribution is -0.247. The summed E-state index contributed by atoms with van der Waals surface area (Å²) in [5.41, 5.74) is 3.23. The van der Waals surface area contributed by atoms with Crippen molar-refractivity contribution in [3.05, 3.63) is 107 Å². The minimum Gasteiger partial charge on any atom is -0.489 e. The Hall–Kier alpha value is -3.12. The molecule has 1 saturated carbocycles. The van der Waals surface area contributed by atoms with Gasteiger partial charge in [-0.25, -0.2) is 0 Å². The zero-order valence-corrected chi connectivity index (χ0v) is 25.6. The van der Waals surface area contributed by atoms with E-state index < -0.39 is 11.2 Å². The van der Waals surface area contributed by atoms with Crippen LogP contribution in [0.5, 0.6) is 11.5 Å². The second-order valence-electron chi connectivity index (χ2n) is 14.0. The Balaban J connectivity index is 1.20. The maximum absolute atomic E-state index is 12.4. The summed E-state index contributed by atoms with van der Waals surface area (Å²) >= 11 is 0. The lowest BCUT2D eigenvalue weighted by atomic mass is 9.36. The van der Waals surface area contributed by atoms with Crippen molar-refractivity contribution < 1.29 is 19.3 Å². The monoisotopic (exact) mass is 577 g/mol. The number of aryl methyl sites for hydroxylation is 1. The van der Waals surface area contributed by atoms with Crippen LogP contribution in [0.25, 0.3) is 0 Å². The Bertz CT molecular complexity index is 1550. The number of aliphatic hydroxyl groups is 1. The van der Waals surface area contributed by atoms with Gasteiger partial charge in [0.05, 0.1) is 17.6 Å². The van der Waals surface area contributed by atoms with E-state index in [9.17, 15) is 5.11 Å². The summed E-state index contributed by atoms with van der Waals surface area (Å²) in [4.78, 5) is 2.57. The highest BCUT2D eigenvalue weighted by Gasteiger charge is 2.80. The number of likely N-dealkylation sites (N-methyl/N-ethyl adjacent to an activating group) is 1. The highest BCUT2D eigenvalue weighted by molar-refractivity contribution is 5.65. The van der Waals surface area contributed by atoms with Crippen LogP contribution in [0.15, 0.2) is 84.9 Å². The number of piperidine rings is 1. The van der Waals surface area contributed by atoms with Crippen molar-refractivity contribution in [2.45, 2.75) is 74.2 Å². The maximum atomic E-state index is 12.4. The molecule has 1 saturated heterocycles. The summed E-state index contributed by atoms with van der Waals surface area (Å²) in [5.74, 6) is 1.64. The number of methoxy groups -OCH3 is 1. The molecule has 4 bridgehead atoms. The number of hydrogen-bond donors (Lipinski definition) is 1. The van der Waals surface area contributed by atoms with E-state index >= 15 is 0 Å². The molecule has 0 amide bonds. The number of likely N-dealkylation sites (tertiary alicyclic amines) is 1. The van der Waals surface area contributed by atoms with Crippen LogP contribution in [0.2, 0.25) is 0 Å². The third-order valence-corrected chi connectivity index (χ3v) is 12.1. The summed E-state index contributed by atoms with van der Waals surface area (Å²) in [6.07, 6.45) is 9.76. The Morgan fingerprint density at radius 3 is 2.42 bits per heavy atom. The molecule has 2 spiro atoms. The first-order chi connectivity index (χ1) is 20.8. The van der Waals surface area contributed by atoms with E-state index in [1.165, 1.54) is 22.3 Å². The third-order valence-electron chi connectivity index (χ3n) is 12.1. The first-order valence-corrected chi connectivity index (χ1v) is 16.1. The van der Waals surface area contributed by atoms with Gasteiger partial charge in [-0.2, -0.15) is 0 Å². The Kier molecular flexibility index (Phi) is 6.18. The van der Waals surface area contributed by atoms with E-state index in [4.69, 9.17) is 14.2 Å². The normalized spacial score (nSPS) is 34.4. The minimum atomic E-state index is -0.939. The van der Waals surface area contributed by atoms with Gasteiger partial charge in [-0.3, -0.25) is 0 Å². The van der Waals surface area contributed by atoms with Gasteiger partial charge >= 0.3 is 0 Å². The van der Waals surface area contributed by atoms with Crippen molar-refractivity contribution >= 4 is 0 Å². The molecule has 0 aromatic heterocycles. The maximum Gasteiger partial charge on any atom is 0.166 e. The van der Waals surface area contributed by atoms with Gasteiger partial charge in [-0.1, -0.05) is 78.9 Å². The standard InChI is InChI=1S/C38H43NO4/c1-35(40,18-16-26-10-6-4-7-11-26)30-25-36-19-20-38(30,41-3)34-37(36)21-22-39(2)31(36)24-28-14-15-29(33(43-34)32(28)37)42-23-17-27-12-8-5-9-13-27/h4-15,19-20,30-31,34,40H,16-18,21-25H2,1-3H3/t30-,31-,34-,35-,36?,37+,38+/m1/s1. The summed E-state index contributed by atoms with van der Waals surface area (Å²) in [7, 11) is 4.10. The molecule has 1 N–H and O–H groups in total. The number of nitrogens with zero attached hydrogens (tertiary/aromatic N) is 1. The molecule has 2 aliphatic heterocycles. The van der Waals surface area contributed by atoms with Crippen molar-refractivity contribution in [3.8, 4) is 11.5 Å². The largest absolute Gasteiger partial charge is 0.489 e. The Labute approximate surface area is 255 Å². The van der Waals surface area contributed by atoms with Crippen LogP contribution >= 0.6 is 0 Å². The second kappa shape index (κ2) is 9.69. The fourth-order valence-electron chi connectivity index (χ4n) is 10.0.